The summed E-state index contributed by atoms with van der Waals surface area (Å²) in [5.74, 6) is 0.693. The maximum absolute atomic E-state index is 6.23. The summed E-state index contributed by atoms with van der Waals surface area (Å²) in [5, 5.41) is 4.83. The first-order chi connectivity index (χ1) is 29.2. The summed E-state index contributed by atoms with van der Waals surface area (Å²) in [5.41, 5.74) is 18.7. The third-order valence-corrected chi connectivity index (χ3v) is 11.8. The Balaban J connectivity index is 1.02. The molecule has 3 nitrogen and oxygen atoms in total. The third kappa shape index (κ3) is 5.59. The summed E-state index contributed by atoms with van der Waals surface area (Å²) >= 11 is 0. The van der Waals surface area contributed by atoms with E-state index in [0.29, 0.717) is 5.82 Å². The van der Waals surface area contributed by atoms with Gasteiger partial charge in [-0.3, -0.25) is 0 Å². The molecule has 0 spiro atoms. The van der Waals surface area contributed by atoms with Crippen LogP contribution in [0.3, 0.4) is 0 Å². The number of aromatic nitrogens is 2. The minimum Gasteiger partial charge on any atom is -0.456 e. The van der Waals surface area contributed by atoms with E-state index < -0.39 is 0 Å². The third-order valence-electron chi connectivity index (χ3n) is 11.8. The van der Waals surface area contributed by atoms with Crippen LogP contribution >= 0.6 is 0 Å². The van der Waals surface area contributed by atoms with Gasteiger partial charge in [0.1, 0.15) is 11.2 Å². The second kappa shape index (κ2) is 13.4. The van der Waals surface area contributed by atoms with Gasteiger partial charge in [-0.1, -0.05) is 164 Å². The Morgan fingerprint density at radius 1 is 0.271 bits per heavy atom. The lowest BCUT2D eigenvalue weighted by molar-refractivity contribution is 0.669. The number of nitrogens with zero attached hydrogens (tertiary/aromatic N) is 2. The molecule has 1 aliphatic rings. The van der Waals surface area contributed by atoms with Crippen LogP contribution in [0.2, 0.25) is 0 Å². The van der Waals surface area contributed by atoms with E-state index in [2.05, 4.69) is 170 Å². The molecule has 0 fully saturated rings. The van der Waals surface area contributed by atoms with E-state index in [1.807, 2.05) is 36.4 Å². The summed E-state index contributed by atoms with van der Waals surface area (Å²) in [6.45, 7) is 0. The summed E-state index contributed by atoms with van der Waals surface area (Å²) in [6, 6.07) is 73.4. The van der Waals surface area contributed by atoms with Gasteiger partial charge in [-0.25, -0.2) is 9.97 Å². The first-order valence-electron chi connectivity index (χ1n) is 20.1. The highest BCUT2D eigenvalue weighted by Gasteiger charge is 2.22. The number of para-hydroxylation sites is 1. The van der Waals surface area contributed by atoms with Crippen LogP contribution in [0, 0.1) is 0 Å². The molecule has 59 heavy (non-hydrogen) atoms. The van der Waals surface area contributed by atoms with E-state index in [0.717, 1.165) is 72.3 Å². The molecule has 2 aromatic heterocycles. The van der Waals surface area contributed by atoms with E-state index in [9.17, 15) is 0 Å². The molecule has 2 heterocycles. The quantitative estimate of drug-likeness (QED) is 0.170. The Morgan fingerprint density at radius 3 is 1.59 bits per heavy atom. The van der Waals surface area contributed by atoms with E-state index in [-0.39, 0.29) is 0 Å². The molecule has 3 heteroatoms. The monoisotopic (exact) mass is 750 g/mol. The fourth-order valence-corrected chi connectivity index (χ4v) is 8.99. The lowest BCUT2D eigenvalue weighted by Gasteiger charge is -2.14. The normalized spacial score (nSPS) is 11.7. The van der Waals surface area contributed by atoms with Crippen LogP contribution in [-0.2, 0) is 0 Å². The van der Waals surface area contributed by atoms with Crippen LogP contribution in [0.4, 0.5) is 0 Å². The summed E-state index contributed by atoms with van der Waals surface area (Å²) in [7, 11) is 0. The van der Waals surface area contributed by atoms with Gasteiger partial charge in [0.05, 0.1) is 11.4 Å². The van der Waals surface area contributed by atoms with Crippen molar-refractivity contribution in [2.45, 2.75) is 0 Å². The summed E-state index contributed by atoms with van der Waals surface area (Å²) in [6.07, 6.45) is 0. The molecule has 1 aliphatic carbocycles. The smallest absolute Gasteiger partial charge is 0.160 e. The molecule has 0 saturated carbocycles. The lowest BCUT2D eigenvalue weighted by Crippen LogP contribution is -1.96. The predicted molar refractivity (Wildman–Crippen MR) is 244 cm³/mol. The highest BCUT2D eigenvalue weighted by Crippen LogP contribution is 2.49. The van der Waals surface area contributed by atoms with Crippen molar-refractivity contribution in [2.24, 2.45) is 0 Å². The zero-order chi connectivity index (χ0) is 38.9. The van der Waals surface area contributed by atoms with Gasteiger partial charge in [-0.2, -0.15) is 0 Å². The van der Waals surface area contributed by atoms with Crippen molar-refractivity contribution in [1.82, 2.24) is 9.97 Å². The Hall–Kier alpha value is -7.88. The van der Waals surface area contributed by atoms with Crippen LogP contribution < -0.4 is 0 Å². The summed E-state index contributed by atoms with van der Waals surface area (Å²) in [4.78, 5) is 10.3. The zero-order valence-corrected chi connectivity index (χ0v) is 31.9. The Bertz CT molecular complexity index is 3330. The number of hydrogen-bond acceptors (Lipinski definition) is 3. The molecule has 12 rings (SSSR count). The molecule has 0 amide bonds. The minimum absolute atomic E-state index is 0.693. The van der Waals surface area contributed by atoms with Gasteiger partial charge in [0.2, 0.25) is 0 Å². The van der Waals surface area contributed by atoms with Gasteiger partial charge in [0.25, 0.3) is 0 Å². The first-order valence-corrected chi connectivity index (χ1v) is 20.1. The van der Waals surface area contributed by atoms with E-state index in [1.165, 1.54) is 44.2 Å². The Morgan fingerprint density at radius 2 is 0.814 bits per heavy atom. The SMILES string of the molecule is c1ccc(-c2cc(-c3cc(-c4ccc(-c5ccc6c7c(cccc57)-c5ccccc5-6)cc4)cc(-c4ccc5oc6ccccc6c5c4)c3)nc(-c3ccccc3)n2)cc1. The summed E-state index contributed by atoms with van der Waals surface area (Å²) < 4.78 is 6.23. The van der Waals surface area contributed by atoms with Gasteiger partial charge < -0.3 is 4.42 Å². The van der Waals surface area contributed by atoms with Crippen LogP contribution in [0.5, 0.6) is 0 Å². The zero-order valence-electron chi connectivity index (χ0n) is 31.9. The van der Waals surface area contributed by atoms with Crippen molar-refractivity contribution < 1.29 is 4.42 Å². The molecule has 0 N–H and O–H groups in total. The molecule has 0 saturated heterocycles. The largest absolute Gasteiger partial charge is 0.456 e. The number of benzene rings is 9. The van der Waals surface area contributed by atoms with Crippen molar-refractivity contribution >= 4 is 32.7 Å². The van der Waals surface area contributed by atoms with Crippen LogP contribution in [-0.4, -0.2) is 9.97 Å². The van der Waals surface area contributed by atoms with Gasteiger partial charge in [0, 0.05) is 27.5 Å². The molecule has 9 aromatic carbocycles. The number of furan rings is 1. The standard InChI is InChI=1S/C56H34N2O/c1-3-12-37(13-4-1)51-34-52(58-56(57-51)38-14-5-2-6-15-38)42-31-40(30-41(32-42)39-26-29-54-50(33-39)46-18-9-10-21-53(46)59-54)35-22-24-36(25-23-35)43-27-28-49-45-17-8-7-16-44(45)48-20-11-19-47(43)55(48)49/h1-34H. The van der Waals surface area contributed by atoms with Gasteiger partial charge in [-0.15, -0.1) is 0 Å². The van der Waals surface area contributed by atoms with Crippen molar-refractivity contribution in [1.29, 1.82) is 0 Å². The predicted octanol–water partition coefficient (Wildman–Crippen LogP) is 15.2. The fraction of sp³-hybridized carbons (Fsp3) is 0. The Labute approximate surface area is 341 Å². The molecular formula is C56H34N2O. The molecule has 0 unspecified atom stereocenters. The number of hydrogen-bond donors (Lipinski definition) is 0. The maximum atomic E-state index is 6.23. The molecule has 0 aliphatic heterocycles. The highest BCUT2D eigenvalue weighted by molar-refractivity contribution is 6.18. The van der Waals surface area contributed by atoms with Crippen molar-refractivity contribution in [3.63, 3.8) is 0 Å². The molecule has 0 atom stereocenters. The van der Waals surface area contributed by atoms with E-state index in [4.69, 9.17) is 14.4 Å². The number of fused-ring (bicyclic) bond motifs is 6. The lowest BCUT2D eigenvalue weighted by atomic mass is 9.91. The van der Waals surface area contributed by atoms with Crippen molar-refractivity contribution in [3.05, 3.63) is 206 Å². The Kier molecular flexibility index (Phi) is 7.54. The van der Waals surface area contributed by atoms with E-state index in [1.54, 1.807) is 0 Å². The van der Waals surface area contributed by atoms with Crippen LogP contribution in [0.1, 0.15) is 0 Å². The van der Waals surface area contributed by atoms with Crippen molar-refractivity contribution in [2.75, 3.05) is 0 Å². The molecule has 0 radical (unpaired) electrons. The van der Waals surface area contributed by atoms with E-state index >= 15 is 0 Å². The second-order valence-corrected chi connectivity index (χ2v) is 15.3. The molecule has 274 valence electrons. The maximum Gasteiger partial charge on any atom is 0.160 e. The van der Waals surface area contributed by atoms with Crippen LogP contribution in [0.15, 0.2) is 211 Å². The average molecular weight is 751 g/mol. The minimum atomic E-state index is 0.693. The molecule has 0 bridgehead atoms. The fourth-order valence-electron chi connectivity index (χ4n) is 8.99. The first kappa shape index (κ1) is 33.3. The van der Waals surface area contributed by atoms with Gasteiger partial charge in [-0.05, 0) is 109 Å². The average Bonchev–Trinajstić information content (AvgIpc) is 3.86. The number of rotatable bonds is 6. The van der Waals surface area contributed by atoms with Gasteiger partial charge in [0.15, 0.2) is 5.82 Å². The second-order valence-electron chi connectivity index (χ2n) is 15.3. The van der Waals surface area contributed by atoms with Crippen LogP contribution in [0.25, 0.3) is 122 Å². The molecular weight excluding hydrogens is 717 g/mol. The topological polar surface area (TPSA) is 38.9 Å². The van der Waals surface area contributed by atoms with Crippen molar-refractivity contribution in [3.8, 4) is 89.5 Å². The van der Waals surface area contributed by atoms with Gasteiger partial charge >= 0.3 is 0 Å². The highest BCUT2D eigenvalue weighted by atomic mass is 16.3. The molecule has 11 aromatic rings.